The van der Waals surface area contributed by atoms with Crippen LogP contribution in [0, 0.1) is 5.92 Å². The fourth-order valence-corrected chi connectivity index (χ4v) is 4.93. The monoisotopic (exact) mass is 408 g/mol. The fourth-order valence-electron chi connectivity index (χ4n) is 2.04. The van der Waals surface area contributed by atoms with E-state index >= 15 is 0 Å². The predicted octanol–water partition coefficient (Wildman–Crippen LogP) is -1.51. The maximum absolute atomic E-state index is 11.4. The lowest BCUT2D eigenvalue weighted by Gasteiger charge is -2.33. The summed E-state index contributed by atoms with van der Waals surface area (Å²) in [6, 6.07) is 0. The molecule has 0 aromatic carbocycles. The summed E-state index contributed by atoms with van der Waals surface area (Å²) < 4.78 is 54.3. The van der Waals surface area contributed by atoms with Gasteiger partial charge in [0.15, 0.2) is 0 Å². The number of rotatable bonds is 8. The molecule has 0 spiro atoms. The Hall–Kier alpha value is 0.395. The third-order valence-electron chi connectivity index (χ3n) is 3.09. The number of ether oxygens (including phenoxy) is 2. The Bertz CT molecular complexity index is 550. The molecule has 1 rings (SSSR count). The summed E-state index contributed by atoms with van der Waals surface area (Å²) in [5.74, 6) is -0.0739. The van der Waals surface area contributed by atoms with Crippen molar-refractivity contribution in [1.29, 1.82) is 0 Å². The lowest BCUT2D eigenvalue weighted by molar-refractivity contribution is -0.250. The average Bonchev–Trinajstić information content (AvgIpc) is 2.57. The van der Waals surface area contributed by atoms with E-state index in [1.165, 1.54) is 7.11 Å². The van der Waals surface area contributed by atoms with Gasteiger partial charge < -0.3 is 33.6 Å². The Morgan fingerprint density at radius 1 is 1.08 bits per heavy atom. The van der Waals surface area contributed by atoms with Gasteiger partial charge in [0.25, 0.3) is 23.5 Å². The standard InChI is InChI=1S/C8H19O12P3.B/c1-5-6(2)18-7(8(5)16-3)4-17-22(12,13)20-23(14,15)19-21(9,10)11;/h5-8H,4H2,1-3H3,(H,12,13)(H,14,15)(H2,9,10,11);/p-3/t5?,6-,7+,8+;/m0./s1. The second-order valence-corrected chi connectivity index (χ2v) is 9.05. The highest BCUT2D eigenvalue weighted by molar-refractivity contribution is 7.65. The maximum Gasteiger partial charge on any atom is 0.280 e. The Kier molecular flexibility index (Phi) is 9.00. The summed E-state index contributed by atoms with van der Waals surface area (Å²) in [6.45, 7) is 2.91. The van der Waals surface area contributed by atoms with E-state index < -0.39 is 42.3 Å². The van der Waals surface area contributed by atoms with Gasteiger partial charge >= 0.3 is 0 Å². The zero-order valence-corrected chi connectivity index (χ0v) is 15.6. The summed E-state index contributed by atoms with van der Waals surface area (Å²) in [4.78, 5) is 41.0. The number of hydrogen-bond acceptors (Lipinski definition) is 11. The molecule has 3 radical (unpaired) electrons. The number of hydrogen-bond donors (Lipinski definition) is 1. The number of methoxy groups -OCH3 is 1. The SMILES string of the molecule is CO[C@@H]1C(C)[C@H](C)O[C@@H]1COP(=O)([O-])OP(=O)([O-])OP(=O)([O-])O.[B]. The minimum atomic E-state index is -5.89. The molecule has 4 unspecified atom stereocenters. The van der Waals surface area contributed by atoms with Crippen molar-refractivity contribution >= 4 is 31.9 Å². The number of phosphoric acid groups is 3. The molecule has 1 heterocycles. The normalized spacial score (nSPS) is 34.6. The molecule has 12 nitrogen and oxygen atoms in total. The van der Waals surface area contributed by atoms with Crippen molar-refractivity contribution in [3.8, 4) is 0 Å². The van der Waals surface area contributed by atoms with E-state index in [1.807, 2.05) is 0 Å². The molecule has 24 heavy (non-hydrogen) atoms. The summed E-state index contributed by atoms with van der Waals surface area (Å²) in [6.07, 6.45) is -1.57. The van der Waals surface area contributed by atoms with E-state index in [1.54, 1.807) is 13.8 Å². The van der Waals surface area contributed by atoms with Crippen molar-refractivity contribution in [1.82, 2.24) is 0 Å². The quantitative estimate of drug-likeness (QED) is 0.362. The van der Waals surface area contributed by atoms with Crippen LogP contribution < -0.4 is 14.7 Å². The lowest BCUT2D eigenvalue weighted by Crippen LogP contribution is -2.32. The van der Waals surface area contributed by atoms with Gasteiger partial charge in [-0.2, -0.15) is 0 Å². The molecule has 0 amide bonds. The topological polar surface area (TPSA) is 187 Å². The second kappa shape index (κ2) is 8.86. The van der Waals surface area contributed by atoms with Crippen LogP contribution in [0.2, 0.25) is 0 Å². The molecule has 7 atom stereocenters. The third-order valence-corrected chi connectivity index (χ3v) is 6.78. The first-order valence-corrected chi connectivity index (χ1v) is 10.6. The second-order valence-electron chi connectivity index (χ2n) is 4.76. The van der Waals surface area contributed by atoms with E-state index in [0.29, 0.717) is 0 Å². The minimum Gasteiger partial charge on any atom is -0.756 e. The van der Waals surface area contributed by atoms with Gasteiger partial charge in [0, 0.05) is 21.4 Å². The van der Waals surface area contributed by atoms with Gasteiger partial charge in [-0.25, -0.2) is 8.62 Å². The van der Waals surface area contributed by atoms with Gasteiger partial charge in [0.1, 0.15) is 6.10 Å². The van der Waals surface area contributed by atoms with Crippen LogP contribution in [-0.2, 0) is 36.3 Å². The molecule has 0 aliphatic carbocycles. The average molecular weight is 408 g/mol. The largest absolute Gasteiger partial charge is 0.756 e. The Morgan fingerprint density at radius 2 is 1.62 bits per heavy atom. The molecule has 1 N–H and O–H groups in total. The first-order chi connectivity index (χ1) is 10.3. The van der Waals surface area contributed by atoms with Crippen LogP contribution in [0.25, 0.3) is 0 Å². The van der Waals surface area contributed by atoms with Gasteiger partial charge in [-0.3, -0.25) is 13.7 Å². The molecule has 1 fully saturated rings. The molecule has 1 aliphatic heterocycles. The molecule has 141 valence electrons. The predicted molar refractivity (Wildman–Crippen MR) is 73.2 cm³/mol. The first kappa shape index (κ1) is 24.4. The van der Waals surface area contributed by atoms with Crippen molar-refractivity contribution in [2.45, 2.75) is 32.2 Å². The molecule has 1 saturated heterocycles. The van der Waals surface area contributed by atoms with Crippen LogP contribution in [0.3, 0.4) is 0 Å². The third kappa shape index (κ3) is 7.74. The van der Waals surface area contributed by atoms with Crippen LogP contribution in [0.4, 0.5) is 0 Å². The van der Waals surface area contributed by atoms with E-state index in [2.05, 4.69) is 13.1 Å². The molecule has 0 bridgehead atoms. The zero-order valence-electron chi connectivity index (χ0n) is 12.9. The molecule has 0 saturated carbocycles. The zero-order chi connectivity index (χ0) is 18.1. The van der Waals surface area contributed by atoms with Gasteiger partial charge in [0.05, 0.1) is 18.8 Å². The maximum atomic E-state index is 11.4. The first-order valence-electron chi connectivity index (χ1n) is 6.18. The summed E-state index contributed by atoms with van der Waals surface area (Å²) in [7, 11) is -15.7. The highest BCUT2D eigenvalue weighted by Crippen LogP contribution is 2.61. The summed E-state index contributed by atoms with van der Waals surface area (Å²) >= 11 is 0. The minimum absolute atomic E-state index is 0. The van der Waals surface area contributed by atoms with E-state index in [-0.39, 0.29) is 20.4 Å². The smallest absolute Gasteiger partial charge is 0.280 e. The van der Waals surface area contributed by atoms with E-state index in [9.17, 15) is 28.4 Å². The molecule has 1 aliphatic rings. The Labute approximate surface area is 140 Å². The molecule has 0 aromatic rings. The molecule has 16 heteroatoms. The van der Waals surface area contributed by atoms with Gasteiger partial charge in [-0.15, -0.1) is 0 Å². The molecular formula is C8H16BO12P3-3. The Morgan fingerprint density at radius 3 is 2.08 bits per heavy atom. The fraction of sp³-hybridized carbons (Fsp3) is 1.00. The Balaban J connectivity index is 0.00000529. The van der Waals surface area contributed by atoms with Crippen molar-refractivity contribution < 1.29 is 55.9 Å². The highest BCUT2D eigenvalue weighted by atomic mass is 31.3. The highest BCUT2D eigenvalue weighted by Gasteiger charge is 2.40. The van der Waals surface area contributed by atoms with Crippen LogP contribution in [0.15, 0.2) is 0 Å². The number of phosphoric ester groups is 1. The van der Waals surface area contributed by atoms with Crippen molar-refractivity contribution in [3.63, 3.8) is 0 Å². The van der Waals surface area contributed by atoms with Gasteiger partial charge in [-0.05, 0) is 6.92 Å². The lowest BCUT2D eigenvalue weighted by atomic mass is 9.99. The molecular weight excluding hydrogens is 392 g/mol. The van der Waals surface area contributed by atoms with Crippen LogP contribution in [0.5, 0.6) is 0 Å². The van der Waals surface area contributed by atoms with Crippen molar-refractivity contribution in [2.24, 2.45) is 5.92 Å². The van der Waals surface area contributed by atoms with Crippen molar-refractivity contribution in [3.05, 3.63) is 0 Å². The van der Waals surface area contributed by atoms with E-state index in [4.69, 9.17) is 14.4 Å². The summed E-state index contributed by atoms with van der Waals surface area (Å²) in [5.41, 5.74) is 0. The van der Waals surface area contributed by atoms with Crippen LogP contribution in [-0.4, -0.2) is 45.3 Å². The van der Waals surface area contributed by atoms with Crippen LogP contribution >= 0.6 is 23.5 Å². The molecule has 0 aromatic heterocycles. The van der Waals surface area contributed by atoms with E-state index in [0.717, 1.165) is 0 Å². The van der Waals surface area contributed by atoms with Crippen molar-refractivity contribution in [2.75, 3.05) is 13.7 Å². The summed E-state index contributed by atoms with van der Waals surface area (Å²) in [5, 5.41) is 0. The van der Waals surface area contributed by atoms with Crippen LogP contribution in [0.1, 0.15) is 13.8 Å². The van der Waals surface area contributed by atoms with Gasteiger partial charge in [0.2, 0.25) is 0 Å². The van der Waals surface area contributed by atoms with Gasteiger partial charge in [-0.1, -0.05) is 6.92 Å².